The molecule has 0 saturated carbocycles. The van der Waals surface area contributed by atoms with Gasteiger partial charge < -0.3 is 11.5 Å². The van der Waals surface area contributed by atoms with Gasteiger partial charge in [-0.3, -0.25) is 0 Å². The molecule has 2 aromatic carbocycles. The van der Waals surface area contributed by atoms with Crippen molar-refractivity contribution >= 4 is 21.6 Å². The van der Waals surface area contributed by atoms with E-state index in [4.69, 9.17) is 11.5 Å². The number of nitrogens with two attached hydrogens (primary N) is 2. The second-order valence-electron chi connectivity index (χ2n) is 6.33. The Labute approximate surface area is 171 Å². The van der Waals surface area contributed by atoms with Gasteiger partial charge in [0.05, 0.1) is 17.3 Å². The second kappa shape index (κ2) is 7.48. The summed E-state index contributed by atoms with van der Waals surface area (Å²) in [6.45, 7) is 0. The van der Waals surface area contributed by atoms with E-state index in [0.29, 0.717) is 22.3 Å². The number of nitrogen functional groups attached to an aromatic ring is 2. The Morgan fingerprint density at radius 3 is 2.20 bits per heavy atom. The number of benzene rings is 2. The smallest absolute Gasteiger partial charge is 0.226 e. The van der Waals surface area contributed by atoms with Crippen molar-refractivity contribution in [1.29, 1.82) is 0 Å². The summed E-state index contributed by atoms with van der Waals surface area (Å²) in [6, 6.07) is 10.4. The van der Waals surface area contributed by atoms with Crippen molar-refractivity contribution in [2.24, 2.45) is 0 Å². The zero-order valence-electron chi connectivity index (χ0n) is 15.4. The van der Waals surface area contributed by atoms with E-state index in [9.17, 15) is 12.8 Å². The number of hydrogen-bond donors (Lipinski definition) is 2. The van der Waals surface area contributed by atoms with Crippen molar-refractivity contribution in [1.82, 2.24) is 19.9 Å². The fourth-order valence-corrected chi connectivity index (χ4v) is 4.25. The van der Waals surface area contributed by atoms with Crippen LogP contribution in [-0.2, 0) is 9.84 Å². The summed E-state index contributed by atoms with van der Waals surface area (Å²) in [6.07, 6.45) is 5.21. The molecule has 0 amide bonds. The maximum atomic E-state index is 13.8. The first-order valence-electron chi connectivity index (χ1n) is 8.65. The number of hydrogen-bond acceptors (Lipinski definition) is 8. The Morgan fingerprint density at radius 1 is 0.767 bits per heavy atom. The molecule has 0 atom stereocenters. The average molecular weight is 422 g/mol. The molecule has 2 heterocycles. The van der Waals surface area contributed by atoms with Gasteiger partial charge in [0.25, 0.3) is 0 Å². The van der Waals surface area contributed by atoms with E-state index in [1.807, 2.05) is 0 Å². The molecule has 2 aromatic heterocycles. The normalized spacial score (nSPS) is 11.4. The molecule has 0 aliphatic heterocycles. The lowest BCUT2D eigenvalue weighted by atomic mass is 10.0. The van der Waals surface area contributed by atoms with Gasteiger partial charge in [0.2, 0.25) is 15.8 Å². The summed E-state index contributed by atoms with van der Waals surface area (Å²) in [5.41, 5.74) is 12.9. The van der Waals surface area contributed by atoms with Crippen LogP contribution in [-0.4, -0.2) is 28.4 Å². The van der Waals surface area contributed by atoms with Gasteiger partial charge in [0.15, 0.2) is 5.03 Å². The summed E-state index contributed by atoms with van der Waals surface area (Å²) in [4.78, 5) is 15.5. The van der Waals surface area contributed by atoms with Crippen LogP contribution in [0, 0.1) is 5.82 Å². The number of nitrogens with zero attached hydrogens (tertiary/aromatic N) is 4. The summed E-state index contributed by atoms with van der Waals surface area (Å²) in [5, 5.41) is -0.278. The molecule has 0 fully saturated rings. The lowest BCUT2D eigenvalue weighted by molar-refractivity contribution is 0.592. The predicted molar refractivity (Wildman–Crippen MR) is 109 cm³/mol. The Balaban J connectivity index is 1.95. The van der Waals surface area contributed by atoms with Crippen molar-refractivity contribution in [3.63, 3.8) is 0 Å². The third-order valence-corrected chi connectivity index (χ3v) is 6.01. The van der Waals surface area contributed by atoms with E-state index < -0.39 is 15.7 Å². The monoisotopic (exact) mass is 422 g/mol. The van der Waals surface area contributed by atoms with Crippen LogP contribution in [0.15, 0.2) is 77.2 Å². The van der Waals surface area contributed by atoms with E-state index in [0.717, 1.165) is 12.4 Å². The van der Waals surface area contributed by atoms with E-state index in [1.165, 1.54) is 36.7 Å². The van der Waals surface area contributed by atoms with Crippen LogP contribution in [0.5, 0.6) is 0 Å². The molecule has 4 rings (SSSR count). The number of sulfone groups is 1. The maximum absolute atomic E-state index is 13.8. The Kier molecular flexibility index (Phi) is 4.84. The molecule has 0 unspecified atom stereocenters. The zero-order valence-corrected chi connectivity index (χ0v) is 16.2. The van der Waals surface area contributed by atoms with Gasteiger partial charge in [0, 0.05) is 23.5 Å². The van der Waals surface area contributed by atoms with Crippen LogP contribution in [0.1, 0.15) is 0 Å². The topological polar surface area (TPSA) is 138 Å². The van der Waals surface area contributed by atoms with Crippen LogP contribution in [0.4, 0.5) is 16.2 Å². The van der Waals surface area contributed by atoms with Gasteiger partial charge in [-0.1, -0.05) is 24.3 Å². The van der Waals surface area contributed by atoms with E-state index in [2.05, 4.69) is 19.9 Å². The summed E-state index contributed by atoms with van der Waals surface area (Å²) in [5.74, 6) is -0.300. The third kappa shape index (κ3) is 3.67. The molecule has 0 saturated heterocycles. The summed E-state index contributed by atoms with van der Waals surface area (Å²) < 4.78 is 40.6. The van der Waals surface area contributed by atoms with Gasteiger partial charge in [0.1, 0.15) is 11.6 Å². The van der Waals surface area contributed by atoms with Crippen LogP contribution in [0.25, 0.3) is 22.3 Å². The highest BCUT2D eigenvalue weighted by atomic mass is 32.2. The standard InChI is InChI=1S/C20H15FN6O2S/c21-15-3-1-2-13(6-15)16-5-4-12(14-8-26-20(23)27-9-14)7-17(16)30(28,29)19-11-24-18(22)10-25-19/h1-11H,(H2,22,24)(H2,23,26,27). The molecule has 8 nitrogen and oxygen atoms in total. The fourth-order valence-electron chi connectivity index (χ4n) is 2.88. The maximum Gasteiger partial charge on any atom is 0.226 e. The predicted octanol–water partition coefficient (Wildman–Crippen LogP) is 2.74. The summed E-state index contributed by atoms with van der Waals surface area (Å²) >= 11 is 0. The number of aromatic nitrogens is 4. The number of rotatable bonds is 4. The first-order chi connectivity index (χ1) is 14.3. The van der Waals surface area contributed by atoms with Crippen LogP contribution in [0.2, 0.25) is 0 Å². The molecule has 0 aliphatic carbocycles. The highest BCUT2D eigenvalue weighted by molar-refractivity contribution is 7.91. The highest BCUT2D eigenvalue weighted by Gasteiger charge is 2.25. The fraction of sp³-hybridized carbons (Fsp3) is 0. The van der Waals surface area contributed by atoms with Crippen molar-refractivity contribution in [3.8, 4) is 22.3 Å². The molecule has 0 radical (unpaired) electrons. The molecule has 4 N–H and O–H groups in total. The molecule has 150 valence electrons. The molecule has 0 bridgehead atoms. The minimum absolute atomic E-state index is 0.0681. The molecule has 0 aliphatic rings. The lowest BCUT2D eigenvalue weighted by Crippen LogP contribution is -2.08. The second-order valence-corrected chi connectivity index (χ2v) is 8.20. The minimum Gasteiger partial charge on any atom is -0.382 e. The Morgan fingerprint density at radius 2 is 1.53 bits per heavy atom. The quantitative estimate of drug-likeness (QED) is 0.512. The highest BCUT2D eigenvalue weighted by Crippen LogP contribution is 2.34. The molecular weight excluding hydrogens is 407 g/mol. The van der Waals surface area contributed by atoms with E-state index >= 15 is 0 Å². The Bertz CT molecular complexity index is 1330. The van der Waals surface area contributed by atoms with Crippen LogP contribution in [0.3, 0.4) is 0 Å². The Hall–Kier alpha value is -3.92. The molecule has 0 spiro atoms. The van der Waals surface area contributed by atoms with Crippen LogP contribution >= 0.6 is 0 Å². The lowest BCUT2D eigenvalue weighted by Gasteiger charge is -2.13. The van der Waals surface area contributed by atoms with Crippen molar-refractivity contribution in [2.45, 2.75) is 9.92 Å². The van der Waals surface area contributed by atoms with Gasteiger partial charge in [-0.2, -0.15) is 0 Å². The summed E-state index contributed by atoms with van der Waals surface area (Å²) in [7, 11) is -4.10. The minimum atomic E-state index is -4.10. The first-order valence-corrected chi connectivity index (χ1v) is 10.1. The van der Waals surface area contributed by atoms with Gasteiger partial charge in [-0.05, 0) is 29.3 Å². The number of halogens is 1. The first kappa shape index (κ1) is 19.4. The van der Waals surface area contributed by atoms with Crippen molar-refractivity contribution in [2.75, 3.05) is 11.5 Å². The number of anilines is 2. The largest absolute Gasteiger partial charge is 0.382 e. The molecule has 10 heteroatoms. The molecule has 4 aromatic rings. The van der Waals surface area contributed by atoms with Gasteiger partial charge in [-0.15, -0.1) is 0 Å². The van der Waals surface area contributed by atoms with Crippen molar-refractivity contribution < 1.29 is 12.8 Å². The van der Waals surface area contributed by atoms with Gasteiger partial charge >= 0.3 is 0 Å². The molecule has 30 heavy (non-hydrogen) atoms. The van der Waals surface area contributed by atoms with Crippen molar-refractivity contribution in [3.05, 3.63) is 73.1 Å². The average Bonchev–Trinajstić information content (AvgIpc) is 2.74. The van der Waals surface area contributed by atoms with E-state index in [1.54, 1.807) is 18.2 Å². The van der Waals surface area contributed by atoms with Gasteiger partial charge in [-0.25, -0.2) is 32.7 Å². The van der Waals surface area contributed by atoms with E-state index in [-0.39, 0.29) is 21.7 Å². The SMILES string of the molecule is Nc1cnc(S(=O)(=O)c2cc(-c3cnc(N)nc3)ccc2-c2cccc(F)c2)cn1. The van der Waals surface area contributed by atoms with Crippen LogP contribution < -0.4 is 11.5 Å². The third-order valence-electron chi connectivity index (χ3n) is 4.34. The molecular formula is C20H15FN6O2S. The zero-order chi connectivity index (χ0) is 21.3.